The van der Waals surface area contributed by atoms with Gasteiger partial charge in [0, 0.05) is 12.8 Å². The van der Waals surface area contributed by atoms with Gasteiger partial charge in [-0.15, -0.1) is 0 Å². The van der Waals surface area contributed by atoms with Gasteiger partial charge in [-0.3, -0.25) is 18.6 Å². The molecule has 2 unspecified atom stereocenters. The highest BCUT2D eigenvalue weighted by atomic mass is 31.2. The van der Waals surface area contributed by atoms with E-state index in [2.05, 4.69) is 74.6 Å². The molecule has 0 rings (SSSR count). The van der Waals surface area contributed by atoms with E-state index in [0.29, 0.717) is 17.4 Å². The van der Waals surface area contributed by atoms with Crippen LogP contribution in [0.1, 0.15) is 290 Å². The van der Waals surface area contributed by atoms with Crippen molar-refractivity contribution in [2.75, 3.05) is 47.5 Å². The molecular formula is C65H121NO8P+. The Kier molecular flexibility index (Phi) is 54.7. The summed E-state index contributed by atoms with van der Waals surface area (Å²) in [7, 11) is 1.48. The predicted octanol–water partition coefficient (Wildman–Crippen LogP) is 19.9. The van der Waals surface area contributed by atoms with Gasteiger partial charge in [-0.1, -0.05) is 261 Å². The normalized spacial score (nSPS) is 13.6. The molecule has 10 heteroatoms. The summed E-state index contributed by atoms with van der Waals surface area (Å²) in [6, 6.07) is 0. The molecule has 9 nitrogen and oxygen atoms in total. The maximum absolute atomic E-state index is 12.8. The molecule has 0 saturated carbocycles. The summed E-state index contributed by atoms with van der Waals surface area (Å²) in [4.78, 5) is 35.7. The van der Waals surface area contributed by atoms with Crippen molar-refractivity contribution in [3.05, 3.63) is 60.8 Å². The van der Waals surface area contributed by atoms with E-state index in [1.807, 2.05) is 21.1 Å². The van der Waals surface area contributed by atoms with E-state index in [9.17, 15) is 19.0 Å². The standard InChI is InChI=1S/C65H120NO8P/c1-6-8-10-12-14-16-18-20-22-24-26-27-28-29-30-31-32-33-34-35-36-37-38-39-40-42-44-46-48-50-52-54-56-58-65(68)74-63(62-73-75(69,70)72-60-59-66(3,4)5)61-71-64(67)57-55-53-51-49-47-45-43-41-25-23-21-19-17-15-13-11-9-7-2/h8,10,14,16,20,22-23,25-27,63H,6-7,9,11-13,15,17-19,21,24,28-62H2,1-5H3/p+1/b10-8-,16-14-,22-20-,25-23-,27-26-. The lowest BCUT2D eigenvalue weighted by Crippen LogP contribution is -2.37. The zero-order valence-corrected chi connectivity index (χ0v) is 50.7. The predicted molar refractivity (Wildman–Crippen MR) is 321 cm³/mol. The Morgan fingerprint density at radius 1 is 0.427 bits per heavy atom. The first-order valence-corrected chi connectivity index (χ1v) is 33.0. The van der Waals surface area contributed by atoms with Crippen LogP contribution in [0.2, 0.25) is 0 Å². The number of nitrogens with zero attached hydrogens (tertiary/aromatic N) is 1. The van der Waals surface area contributed by atoms with Gasteiger partial charge in [0.1, 0.15) is 19.8 Å². The topological polar surface area (TPSA) is 108 Å². The van der Waals surface area contributed by atoms with Crippen molar-refractivity contribution in [1.29, 1.82) is 0 Å². The number of ether oxygens (including phenoxy) is 2. The molecule has 0 heterocycles. The monoisotopic (exact) mass is 1070 g/mol. The second-order valence-corrected chi connectivity index (χ2v) is 23.9. The first-order chi connectivity index (χ1) is 36.5. The number of hydrogen-bond donors (Lipinski definition) is 1. The molecule has 0 aromatic heterocycles. The van der Waals surface area contributed by atoms with Gasteiger partial charge in [-0.2, -0.15) is 0 Å². The molecule has 0 aromatic carbocycles. The fourth-order valence-electron chi connectivity index (χ4n) is 8.95. The quantitative estimate of drug-likeness (QED) is 0.0211. The smallest absolute Gasteiger partial charge is 0.462 e. The summed E-state index contributed by atoms with van der Waals surface area (Å²) in [5, 5.41) is 0. The highest BCUT2D eigenvalue weighted by Gasteiger charge is 2.27. The van der Waals surface area contributed by atoms with Crippen molar-refractivity contribution >= 4 is 19.8 Å². The molecule has 0 radical (unpaired) electrons. The van der Waals surface area contributed by atoms with Crippen molar-refractivity contribution in [2.45, 2.75) is 296 Å². The summed E-state index contributed by atoms with van der Waals surface area (Å²) >= 11 is 0. The second kappa shape index (κ2) is 56.4. The molecule has 1 N–H and O–H groups in total. The SMILES string of the molecule is CC/C=C\C/C=C\C/C=C\C/C=C\CCCCCCCCCCCCCCCCCCCCCCC(=O)OC(COC(=O)CCCCCCCCC/C=C\CCCCCCCCC)COP(=O)(O)OCC[N+](C)(C)C. The van der Waals surface area contributed by atoms with Crippen molar-refractivity contribution in [1.82, 2.24) is 0 Å². The molecule has 0 amide bonds. The van der Waals surface area contributed by atoms with Crippen LogP contribution in [-0.2, 0) is 32.7 Å². The number of phosphoric acid groups is 1. The van der Waals surface area contributed by atoms with Crippen LogP contribution in [0.15, 0.2) is 60.8 Å². The van der Waals surface area contributed by atoms with Crippen LogP contribution in [0, 0.1) is 0 Å². The van der Waals surface area contributed by atoms with Crippen LogP contribution in [-0.4, -0.2) is 74.9 Å². The van der Waals surface area contributed by atoms with Gasteiger partial charge in [-0.25, -0.2) is 4.57 Å². The number of carbonyl (C=O) groups is 2. The zero-order chi connectivity index (χ0) is 54.9. The highest BCUT2D eigenvalue weighted by molar-refractivity contribution is 7.47. The van der Waals surface area contributed by atoms with Crippen LogP contribution in [0.3, 0.4) is 0 Å². The number of quaternary nitrogens is 1. The highest BCUT2D eigenvalue weighted by Crippen LogP contribution is 2.43. The number of esters is 2. The Morgan fingerprint density at radius 3 is 1.15 bits per heavy atom. The summed E-state index contributed by atoms with van der Waals surface area (Å²) in [6.45, 7) is 4.35. The minimum absolute atomic E-state index is 0.0317. The van der Waals surface area contributed by atoms with Crippen LogP contribution in [0.25, 0.3) is 0 Å². The Morgan fingerprint density at radius 2 is 0.760 bits per heavy atom. The van der Waals surface area contributed by atoms with Crippen molar-refractivity contribution in [3.8, 4) is 0 Å². The third-order valence-corrected chi connectivity index (χ3v) is 14.8. The number of likely N-dealkylation sites (N-methyl/N-ethyl adjacent to an activating group) is 1. The van der Waals surface area contributed by atoms with Gasteiger partial charge in [0.15, 0.2) is 6.10 Å². The summed E-state index contributed by atoms with van der Waals surface area (Å²) in [5.74, 6) is -0.790. The average molecular weight is 1080 g/mol. The first kappa shape index (κ1) is 72.7. The first-order valence-electron chi connectivity index (χ1n) is 31.5. The molecule has 2 atom stereocenters. The molecular weight excluding hydrogens is 954 g/mol. The lowest BCUT2D eigenvalue weighted by atomic mass is 10.0. The molecule has 0 spiro atoms. The van der Waals surface area contributed by atoms with Gasteiger partial charge in [-0.05, 0) is 77.0 Å². The van der Waals surface area contributed by atoms with Crippen LogP contribution >= 0.6 is 7.82 Å². The molecule has 438 valence electrons. The molecule has 0 aliphatic heterocycles. The van der Waals surface area contributed by atoms with Gasteiger partial charge in [0.25, 0.3) is 0 Å². The lowest BCUT2D eigenvalue weighted by molar-refractivity contribution is -0.870. The molecule has 0 aromatic rings. The number of unbranched alkanes of at least 4 members (excludes halogenated alkanes) is 34. The number of rotatable bonds is 58. The van der Waals surface area contributed by atoms with Crippen LogP contribution in [0.5, 0.6) is 0 Å². The number of phosphoric ester groups is 1. The third-order valence-electron chi connectivity index (χ3n) is 13.8. The average Bonchev–Trinajstić information content (AvgIpc) is 3.37. The van der Waals surface area contributed by atoms with E-state index in [1.165, 1.54) is 199 Å². The Labute approximate surface area is 464 Å². The summed E-state index contributed by atoms with van der Waals surface area (Å²) in [6.07, 6.45) is 73.1. The van der Waals surface area contributed by atoms with Crippen molar-refractivity contribution in [2.24, 2.45) is 0 Å². The van der Waals surface area contributed by atoms with E-state index >= 15 is 0 Å². The third kappa shape index (κ3) is 60.8. The van der Waals surface area contributed by atoms with Gasteiger partial charge in [0.2, 0.25) is 0 Å². The van der Waals surface area contributed by atoms with Crippen molar-refractivity contribution in [3.63, 3.8) is 0 Å². The fourth-order valence-corrected chi connectivity index (χ4v) is 9.69. The van der Waals surface area contributed by atoms with Gasteiger partial charge < -0.3 is 18.9 Å². The van der Waals surface area contributed by atoms with Crippen LogP contribution < -0.4 is 0 Å². The Balaban J connectivity index is 4.03. The molecule has 0 bridgehead atoms. The zero-order valence-electron chi connectivity index (χ0n) is 49.8. The molecule has 0 saturated heterocycles. The van der Waals surface area contributed by atoms with E-state index in [0.717, 1.165) is 57.8 Å². The lowest BCUT2D eigenvalue weighted by Gasteiger charge is -2.24. The minimum Gasteiger partial charge on any atom is -0.462 e. The fraction of sp³-hybridized carbons (Fsp3) is 0.815. The molecule has 0 fully saturated rings. The molecule has 75 heavy (non-hydrogen) atoms. The van der Waals surface area contributed by atoms with Gasteiger partial charge >= 0.3 is 19.8 Å². The van der Waals surface area contributed by atoms with E-state index < -0.39 is 26.5 Å². The van der Waals surface area contributed by atoms with Crippen LogP contribution in [0.4, 0.5) is 0 Å². The number of carbonyl (C=O) groups excluding carboxylic acids is 2. The molecule has 0 aliphatic rings. The number of allylic oxidation sites excluding steroid dienone is 10. The minimum atomic E-state index is -4.39. The molecule has 0 aliphatic carbocycles. The van der Waals surface area contributed by atoms with E-state index in [1.54, 1.807) is 0 Å². The summed E-state index contributed by atoms with van der Waals surface area (Å²) < 4.78 is 34.6. The number of hydrogen-bond acceptors (Lipinski definition) is 7. The largest absolute Gasteiger partial charge is 0.472 e. The van der Waals surface area contributed by atoms with Gasteiger partial charge in [0.05, 0.1) is 27.7 Å². The Bertz CT molecular complexity index is 1450. The van der Waals surface area contributed by atoms with E-state index in [4.69, 9.17) is 18.5 Å². The maximum Gasteiger partial charge on any atom is 0.472 e. The van der Waals surface area contributed by atoms with Crippen molar-refractivity contribution < 1.29 is 42.1 Å². The second-order valence-electron chi connectivity index (χ2n) is 22.4. The summed E-state index contributed by atoms with van der Waals surface area (Å²) in [5.41, 5.74) is 0. The Hall–Kier alpha value is -2.29. The maximum atomic E-state index is 12.8. The van der Waals surface area contributed by atoms with E-state index in [-0.39, 0.29) is 32.0 Å².